The summed E-state index contributed by atoms with van der Waals surface area (Å²) in [6, 6.07) is 11.5. The second-order valence-electron chi connectivity index (χ2n) is 8.96. The van der Waals surface area contributed by atoms with E-state index in [1.54, 1.807) is 6.07 Å². The minimum atomic E-state index is -4.65. The quantitative estimate of drug-likeness (QED) is 0.192. The molecule has 0 unspecified atom stereocenters. The van der Waals surface area contributed by atoms with Crippen molar-refractivity contribution in [2.75, 3.05) is 12.8 Å². The molecular weight excluding hydrogens is 498 g/mol. The summed E-state index contributed by atoms with van der Waals surface area (Å²) in [6.07, 6.45) is -8.91. The SMILES string of the molecule is COc1ccc(C(C)C)cc1-c1ccc(C(F)(F)F)cc1CN(C=O)Cc1cc(N)cc(C(F)(F)F)c1. The topological polar surface area (TPSA) is 55.6 Å². The van der Waals surface area contributed by atoms with Crippen molar-refractivity contribution in [2.45, 2.75) is 45.2 Å². The number of carbonyl (C=O) groups is 1. The van der Waals surface area contributed by atoms with Gasteiger partial charge >= 0.3 is 12.4 Å². The molecule has 0 fully saturated rings. The number of halogens is 6. The van der Waals surface area contributed by atoms with Gasteiger partial charge in [0.05, 0.1) is 18.2 Å². The van der Waals surface area contributed by atoms with Crippen molar-refractivity contribution in [3.63, 3.8) is 0 Å². The number of benzene rings is 3. The van der Waals surface area contributed by atoms with Crippen LogP contribution in [-0.2, 0) is 30.2 Å². The summed E-state index contributed by atoms with van der Waals surface area (Å²) >= 11 is 0. The molecule has 0 radical (unpaired) electrons. The number of nitrogen functional groups attached to an aromatic ring is 1. The van der Waals surface area contributed by atoms with Gasteiger partial charge in [0.25, 0.3) is 0 Å². The van der Waals surface area contributed by atoms with Crippen LogP contribution in [0.15, 0.2) is 54.6 Å². The Morgan fingerprint density at radius 1 is 0.865 bits per heavy atom. The number of hydrogen-bond donors (Lipinski definition) is 1. The first-order chi connectivity index (χ1) is 17.2. The second kappa shape index (κ2) is 10.7. The Morgan fingerprint density at radius 2 is 1.54 bits per heavy atom. The Labute approximate surface area is 210 Å². The monoisotopic (exact) mass is 524 g/mol. The van der Waals surface area contributed by atoms with Gasteiger partial charge in [0.2, 0.25) is 6.41 Å². The third-order valence-electron chi connectivity index (χ3n) is 5.86. The van der Waals surface area contributed by atoms with E-state index in [1.807, 2.05) is 26.0 Å². The molecule has 3 rings (SSSR count). The van der Waals surface area contributed by atoms with Gasteiger partial charge in [-0.15, -0.1) is 0 Å². The maximum Gasteiger partial charge on any atom is 0.416 e. The molecule has 0 spiro atoms. The molecule has 0 aliphatic carbocycles. The molecule has 0 bridgehead atoms. The maximum absolute atomic E-state index is 13.6. The Kier molecular flexibility index (Phi) is 8.09. The molecule has 0 aliphatic rings. The van der Waals surface area contributed by atoms with E-state index in [-0.39, 0.29) is 35.8 Å². The number of nitrogens with two attached hydrogens (primary N) is 1. The fourth-order valence-corrected chi connectivity index (χ4v) is 4.02. The molecule has 10 heteroatoms. The van der Waals surface area contributed by atoms with Crippen molar-refractivity contribution >= 4 is 12.1 Å². The predicted molar refractivity (Wildman–Crippen MR) is 129 cm³/mol. The van der Waals surface area contributed by atoms with Gasteiger partial charge in [-0.2, -0.15) is 26.3 Å². The molecule has 0 saturated heterocycles. The highest BCUT2D eigenvalue weighted by molar-refractivity contribution is 5.75. The first-order valence-corrected chi connectivity index (χ1v) is 11.3. The molecular formula is C27H26F6N2O2. The van der Waals surface area contributed by atoms with Crippen molar-refractivity contribution in [1.82, 2.24) is 4.90 Å². The first-order valence-electron chi connectivity index (χ1n) is 11.3. The van der Waals surface area contributed by atoms with E-state index in [0.29, 0.717) is 23.3 Å². The van der Waals surface area contributed by atoms with Crippen LogP contribution in [0.5, 0.6) is 5.75 Å². The number of alkyl halides is 6. The molecule has 0 aliphatic heterocycles. The maximum atomic E-state index is 13.6. The standard InChI is InChI=1S/C27H26F6N2O2/c1-16(2)18-4-7-25(37-3)24(11-18)23-6-5-20(26(28,29)30)10-19(23)14-35(15-36)13-17-8-21(27(31,32)33)12-22(34)9-17/h4-12,15-16H,13-14,34H2,1-3H3. The summed E-state index contributed by atoms with van der Waals surface area (Å²) in [5.41, 5.74) is 5.68. The number of hydrogen-bond acceptors (Lipinski definition) is 3. The lowest BCUT2D eigenvalue weighted by atomic mass is 9.92. The molecule has 1 amide bonds. The van der Waals surface area contributed by atoms with E-state index in [9.17, 15) is 31.1 Å². The minimum Gasteiger partial charge on any atom is -0.496 e. The highest BCUT2D eigenvalue weighted by Crippen LogP contribution is 2.39. The summed E-state index contributed by atoms with van der Waals surface area (Å²) in [6.45, 7) is 3.34. The Bertz CT molecular complexity index is 1270. The average molecular weight is 525 g/mol. The molecule has 3 aromatic rings. The average Bonchev–Trinajstić information content (AvgIpc) is 2.81. The van der Waals surface area contributed by atoms with E-state index in [0.717, 1.165) is 34.7 Å². The number of ether oxygens (including phenoxy) is 1. The third kappa shape index (κ3) is 6.75. The van der Waals surface area contributed by atoms with Gasteiger partial charge in [0.15, 0.2) is 0 Å². The van der Waals surface area contributed by atoms with E-state index in [1.165, 1.54) is 19.2 Å². The molecule has 0 atom stereocenters. The number of anilines is 1. The normalized spacial score (nSPS) is 12.1. The van der Waals surface area contributed by atoms with Crippen LogP contribution in [0, 0.1) is 0 Å². The first kappa shape index (κ1) is 27.9. The molecule has 0 aromatic heterocycles. The highest BCUT2D eigenvalue weighted by atomic mass is 19.4. The van der Waals surface area contributed by atoms with Gasteiger partial charge in [0.1, 0.15) is 5.75 Å². The summed E-state index contributed by atoms with van der Waals surface area (Å²) in [4.78, 5) is 13.0. The van der Waals surface area contributed by atoms with Crippen LogP contribution in [0.4, 0.5) is 32.0 Å². The second-order valence-corrected chi connectivity index (χ2v) is 8.96. The summed E-state index contributed by atoms with van der Waals surface area (Å²) in [5.74, 6) is 0.550. The fourth-order valence-electron chi connectivity index (χ4n) is 4.02. The zero-order valence-electron chi connectivity index (χ0n) is 20.4. The third-order valence-corrected chi connectivity index (χ3v) is 5.86. The van der Waals surface area contributed by atoms with Gasteiger partial charge in [-0.25, -0.2) is 0 Å². The Hall–Kier alpha value is -3.69. The zero-order chi connectivity index (χ0) is 27.5. The lowest BCUT2D eigenvalue weighted by Gasteiger charge is -2.23. The lowest BCUT2D eigenvalue weighted by Crippen LogP contribution is -2.22. The predicted octanol–water partition coefficient (Wildman–Crippen LogP) is 7.26. The Morgan fingerprint density at radius 3 is 2.11 bits per heavy atom. The largest absolute Gasteiger partial charge is 0.496 e. The van der Waals surface area contributed by atoms with Gasteiger partial charge in [-0.05, 0) is 70.6 Å². The van der Waals surface area contributed by atoms with Crippen molar-refractivity contribution < 1.29 is 35.9 Å². The van der Waals surface area contributed by atoms with Gasteiger partial charge in [0, 0.05) is 24.3 Å². The summed E-state index contributed by atoms with van der Waals surface area (Å²) in [7, 11) is 1.44. The van der Waals surface area contributed by atoms with Gasteiger partial charge in [-0.3, -0.25) is 4.79 Å². The van der Waals surface area contributed by atoms with Gasteiger partial charge < -0.3 is 15.4 Å². The van der Waals surface area contributed by atoms with Crippen LogP contribution in [-0.4, -0.2) is 18.4 Å². The van der Waals surface area contributed by atoms with Crippen LogP contribution < -0.4 is 10.5 Å². The van der Waals surface area contributed by atoms with Crippen LogP contribution in [0.3, 0.4) is 0 Å². The van der Waals surface area contributed by atoms with E-state index in [4.69, 9.17) is 10.5 Å². The number of carbonyl (C=O) groups excluding carboxylic acids is 1. The molecule has 3 aromatic carbocycles. The number of methoxy groups -OCH3 is 1. The smallest absolute Gasteiger partial charge is 0.416 e. The molecule has 2 N–H and O–H groups in total. The summed E-state index contributed by atoms with van der Waals surface area (Å²) in [5, 5.41) is 0. The zero-order valence-corrected chi connectivity index (χ0v) is 20.4. The lowest BCUT2D eigenvalue weighted by molar-refractivity contribution is -0.138. The number of rotatable bonds is 8. The van der Waals surface area contributed by atoms with Crippen LogP contribution in [0.2, 0.25) is 0 Å². The van der Waals surface area contributed by atoms with Crippen LogP contribution >= 0.6 is 0 Å². The minimum absolute atomic E-state index is 0.0901. The van der Waals surface area contributed by atoms with E-state index >= 15 is 0 Å². The molecule has 0 heterocycles. The molecule has 198 valence electrons. The molecule has 4 nitrogen and oxygen atoms in total. The fraction of sp³-hybridized carbons (Fsp3) is 0.296. The van der Waals surface area contributed by atoms with Crippen LogP contribution in [0.1, 0.15) is 47.6 Å². The number of nitrogens with zero attached hydrogens (tertiary/aromatic N) is 1. The number of amides is 1. The van der Waals surface area contributed by atoms with E-state index < -0.39 is 23.5 Å². The van der Waals surface area contributed by atoms with E-state index in [2.05, 4.69) is 0 Å². The Balaban J connectivity index is 2.09. The summed E-state index contributed by atoms with van der Waals surface area (Å²) < 4.78 is 85.8. The van der Waals surface area contributed by atoms with Crippen molar-refractivity contribution in [2.24, 2.45) is 0 Å². The van der Waals surface area contributed by atoms with Gasteiger partial charge in [-0.1, -0.05) is 26.0 Å². The van der Waals surface area contributed by atoms with Crippen LogP contribution in [0.25, 0.3) is 11.1 Å². The molecule has 37 heavy (non-hydrogen) atoms. The molecule has 0 saturated carbocycles. The van der Waals surface area contributed by atoms with Crippen molar-refractivity contribution in [3.8, 4) is 16.9 Å². The van der Waals surface area contributed by atoms with Crippen molar-refractivity contribution in [3.05, 3.63) is 82.4 Å². The van der Waals surface area contributed by atoms with Crippen molar-refractivity contribution in [1.29, 1.82) is 0 Å². The highest BCUT2D eigenvalue weighted by Gasteiger charge is 2.32.